The molecule has 2 aliphatic heterocycles. The first-order valence-corrected chi connectivity index (χ1v) is 6.15. The molecule has 12 heavy (non-hydrogen) atoms. The summed E-state index contributed by atoms with van der Waals surface area (Å²) in [7, 11) is 0. The maximum Gasteiger partial charge on any atom is 0.0221 e. The Hall–Kier alpha value is 0.270. The van der Waals surface area contributed by atoms with E-state index in [0.717, 1.165) is 6.04 Å². The molecule has 0 spiro atoms. The third-order valence-electron chi connectivity index (χ3n) is 2.83. The summed E-state index contributed by atoms with van der Waals surface area (Å²) >= 11 is 2.10. The molecule has 1 unspecified atom stereocenters. The Morgan fingerprint density at radius 3 is 2.75 bits per heavy atom. The molecule has 2 fully saturated rings. The molecule has 0 aromatic rings. The van der Waals surface area contributed by atoms with Crippen LogP contribution in [-0.4, -0.2) is 48.6 Å². The van der Waals surface area contributed by atoms with Crippen molar-refractivity contribution in [2.24, 2.45) is 0 Å². The highest BCUT2D eigenvalue weighted by Gasteiger charge is 2.21. The summed E-state index contributed by atoms with van der Waals surface area (Å²) < 4.78 is 0. The summed E-state index contributed by atoms with van der Waals surface area (Å²) in [6, 6.07) is 0.847. The van der Waals surface area contributed by atoms with Gasteiger partial charge in [0, 0.05) is 37.2 Å². The predicted octanol–water partition coefficient (Wildman–Crippen LogP) is 0.787. The van der Waals surface area contributed by atoms with Crippen molar-refractivity contribution in [3.63, 3.8) is 0 Å². The van der Waals surface area contributed by atoms with Gasteiger partial charge in [-0.3, -0.25) is 4.90 Å². The molecule has 0 bridgehead atoms. The quantitative estimate of drug-likeness (QED) is 0.652. The van der Waals surface area contributed by atoms with Gasteiger partial charge in [-0.1, -0.05) is 0 Å². The number of hydrogen-bond acceptors (Lipinski definition) is 3. The molecule has 0 aromatic carbocycles. The van der Waals surface area contributed by atoms with Gasteiger partial charge >= 0.3 is 0 Å². The number of rotatable bonds is 1. The molecule has 0 aromatic heterocycles. The summed E-state index contributed by atoms with van der Waals surface area (Å²) in [5.41, 5.74) is 0. The highest BCUT2D eigenvalue weighted by atomic mass is 32.2. The van der Waals surface area contributed by atoms with Crippen LogP contribution >= 0.6 is 11.8 Å². The van der Waals surface area contributed by atoms with Gasteiger partial charge in [0.1, 0.15) is 0 Å². The molecule has 1 N–H and O–H groups in total. The zero-order valence-electron chi connectivity index (χ0n) is 7.59. The molecular formula is C9H18N2S. The Bertz CT molecular complexity index is 112. The second-order valence-electron chi connectivity index (χ2n) is 3.65. The van der Waals surface area contributed by atoms with E-state index in [1.165, 1.54) is 50.5 Å². The normalized spacial score (nSPS) is 33.5. The lowest BCUT2D eigenvalue weighted by atomic mass is 10.1. The number of piperidine rings is 1. The van der Waals surface area contributed by atoms with Crippen LogP contribution in [-0.2, 0) is 0 Å². The van der Waals surface area contributed by atoms with Crippen molar-refractivity contribution in [3.05, 3.63) is 0 Å². The van der Waals surface area contributed by atoms with Crippen molar-refractivity contribution < 1.29 is 0 Å². The van der Waals surface area contributed by atoms with E-state index in [-0.39, 0.29) is 0 Å². The van der Waals surface area contributed by atoms with Gasteiger partial charge in [-0.05, 0) is 19.4 Å². The zero-order valence-corrected chi connectivity index (χ0v) is 8.41. The molecule has 0 amide bonds. The largest absolute Gasteiger partial charge is 0.315 e. The molecule has 0 saturated carbocycles. The lowest BCUT2D eigenvalue weighted by Gasteiger charge is -2.36. The van der Waals surface area contributed by atoms with E-state index in [0.29, 0.717) is 0 Å². The monoisotopic (exact) mass is 186 g/mol. The maximum absolute atomic E-state index is 3.48. The maximum atomic E-state index is 3.48. The van der Waals surface area contributed by atoms with Gasteiger partial charge in [0.05, 0.1) is 0 Å². The van der Waals surface area contributed by atoms with Crippen LogP contribution in [0, 0.1) is 0 Å². The minimum absolute atomic E-state index is 0.847. The number of nitrogens with one attached hydrogen (secondary N) is 1. The molecule has 0 radical (unpaired) electrons. The van der Waals surface area contributed by atoms with Crippen molar-refractivity contribution in [2.45, 2.75) is 18.9 Å². The van der Waals surface area contributed by atoms with Crippen molar-refractivity contribution in [3.8, 4) is 0 Å². The average molecular weight is 186 g/mol. The van der Waals surface area contributed by atoms with E-state index < -0.39 is 0 Å². The van der Waals surface area contributed by atoms with E-state index in [2.05, 4.69) is 22.0 Å². The zero-order chi connectivity index (χ0) is 8.23. The molecule has 2 heterocycles. The molecule has 1 atom stereocenters. The second-order valence-corrected chi connectivity index (χ2v) is 4.87. The van der Waals surface area contributed by atoms with Crippen LogP contribution in [0.2, 0.25) is 0 Å². The van der Waals surface area contributed by atoms with Crippen molar-refractivity contribution >= 4 is 11.8 Å². The van der Waals surface area contributed by atoms with Crippen LogP contribution < -0.4 is 5.32 Å². The van der Waals surface area contributed by atoms with Gasteiger partial charge in [0.15, 0.2) is 0 Å². The highest BCUT2D eigenvalue weighted by molar-refractivity contribution is 7.99. The highest BCUT2D eigenvalue weighted by Crippen LogP contribution is 2.16. The molecule has 0 aliphatic carbocycles. The van der Waals surface area contributed by atoms with Crippen LogP contribution in [0.3, 0.4) is 0 Å². The third kappa shape index (κ3) is 2.15. The molecular weight excluding hydrogens is 168 g/mol. The number of hydrogen-bond donors (Lipinski definition) is 1. The van der Waals surface area contributed by atoms with E-state index in [1.54, 1.807) is 0 Å². The Morgan fingerprint density at radius 2 is 2.08 bits per heavy atom. The minimum atomic E-state index is 0.847. The van der Waals surface area contributed by atoms with E-state index in [9.17, 15) is 0 Å². The average Bonchev–Trinajstić information content (AvgIpc) is 2.21. The van der Waals surface area contributed by atoms with Gasteiger partial charge in [-0.15, -0.1) is 0 Å². The molecule has 3 heteroatoms. The van der Waals surface area contributed by atoms with Gasteiger partial charge in [-0.25, -0.2) is 0 Å². The number of thioether (sulfide) groups is 1. The van der Waals surface area contributed by atoms with Crippen LogP contribution in [0.5, 0.6) is 0 Å². The van der Waals surface area contributed by atoms with E-state index in [4.69, 9.17) is 0 Å². The minimum Gasteiger partial charge on any atom is -0.315 e. The fourth-order valence-corrected chi connectivity index (χ4v) is 3.02. The Kier molecular flexibility index (Phi) is 3.31. The Balaban J connectivity index is 1.80. The summed E-state index contributed by atoms with van der Waals surface area (Å²) in [6.45, 7) is 5.10. The van der Waals surface area contributed by atoms with Crippen LogP contribution in [0.15, 0.2) is 0 Å². The van der Waals surface area contributed by atoms with E-state index in [1.807, 2.05) is 0 Å². The fourth-order valence-electron chi connectivity index (χ4n) is 2.09. The molecule has 2 aliphatic rings. The smallest absolute Gasteiger partial charge is 0.0221 e. The van der Waals surface area contributed by atoms with Gasteiger partial charge < -0.3 is 5.32 Å². The van der Waals surface area contributed by atoms with E-state index >= 15 is 0 Å². The molecule has 2 rings (SSSR count). The van der Waals surface area contributed by atoms with Crippen LogP contribution in [0.25, 0.3) is 0 Å². The Labute approximate surface area is 79.1 Å². The Morgan fingerprint density at radius 1 is 1.25 bits per heavy atom. The molecule has 2 nitrogen and oxygen atoms in total. The van der Waals surface area contributed by atoms with Gasteiger partial charge in [0.25, 0.3) is 0 Å². The fraction of sp³-hybridized carbons (Fsp3) is 1.00. The summed E-state index contributed by atoms with van der Waals surface area (Å²) in [4.78, 5) is 2.67. The van der Waals surface area contributed by atoms with Crippen LogP contribution in [0.4, 0.5) is 0 Å². The first-order valence-electron chi connectivity index (χ1n) is 4.99. The van der Waals surface area contributed by atoms with Crippen molar-refractivity contribution in [1.82, 2.24) is 10.2 Å². The van der Waals surface area contributed by atoms with Gasteiger partial charge in [0.2, 0.25) is 0 Å². The molecule has 2 saturated heterocycles. The summed E-state index contributed by atoms with van der Waals surface area (Å²) in [5, 5.41) is 3.48. The number of nitrogens with zero attached hydrogens (tertiary/aromatic N) is 1. The lowest BCUT2D eigenvalue weighted by molar-refractivity contribution is 0.182. The summed E-state index contributed by atoms with van der Waals surface area (Å²) in [5.74, 6) is 2.69. The molecule has 70 valence electrons. The van der Waals surface area contributed by atoms with Crippen molar-refractivity contribution in [2.75, 3.05) is 37.7 Å². The topological polar surface area (TPSA) is 15.3 Å². The third-order valence-corrected chi connectivity index (χ3v) is 3.78. The lowest BCUT2D eigenvalue weighted by Crippen LogP contribution is -2.48. The standard InChI is InChI=1S/C9H18N2S/c1-2-9(8-10-3-1)11-4-6-12-7-5-11/h9-10H,1-8H2. The van der Waals surface area contributed by atoms with Crippen LogP contribution in [0.1, 0.15) is 12.8 Å². The van der Waals surface area contributed by atoms with Gasteiger partial charge in [-0.2, -0.15) is 11.8 Å². The first-order chi connectivity index (χ1) is 5.97. The van der Waals surface area contributed by atoms with Crippen molar-refractivity contribution in [1.29, 1.82) is 0 Å². The second kappa shape index (κ2) is 4.49. The summed E-state index contributed by atoms with van der Waals surface area (Å²) in [6.07, 6.45) is 2.78. The SMILES string of the molecule is C1CNCC(N2CCSCC2)C1. The predicted molar refractivity (Wildman–Crippen MR) is 54.8 cm³/mol. The first kappa shape index (κ1) is 8.85.